The van der Waals surface area contributed by atoms with Crippen molar-refractivity contribution in [3.63, 3.8) is 0 Å². The number of rotatable bonds is 2. The Balaban J connectivity index is 1.95. The predicted octanol–water partition coefficient (Wildman–Crippen LogP) is 0.895. The summed E-state index contributed by atoms with van der Waals surface area (Å²) in [6.07, 6.45) is 5.34. The zero-order valence-electron chi connectivity index (χ0n) is 9.15. The average Bonchev–Trinajstić information content (AvgIpc) is 2.63. The van der Waals surface area contributed by atoms with E-state index in [1.807, 2.05) is 17.2 Å². The van der Waals surface area contributed by atoms with Crippen LogP contribution in [0, 0.1) is 0 Å². The van der Waals surface area contributed by atoms with Crippen molar-refractivity contribution in [2.75, 3.05) is 24.5 Å². The lowest BCUT2D eigenvalue weighted by Gasteiger charge is -2.31. The first-order valence-corrected chi connectivity index (χ1v) is 5.81. The Hall–Kier alpha value is -1.42. The molecule has 2 saturated heterocycles. The topological polar surface area (TPSA) is 45.2 Å². The van der Waals surface area contributed by atoms with Crippen LogP contribution in [0.3, 0.4) is 0 Å². The molecule has 1 amide bonds. The molecule has 3 rings (SSSR count). The Labute approximate surface area is 94.7 Å². The van der Waals surface area contributed by atoms with E-state index < -0.39 is 0 Å². The second-order valence-electron chi connectivity index (χ2n) is 4.44. The molecule has 84 valence electrons. The van der Waals surface area contributed by atoms with Gasteiger partial charge in [-0.2, -0.15) is 0 Å². The summed E-state index contributed by atoms with van der Waals surface area (Å²) in [5.74, 6) is 0.775. The Kier molecular flexibility index (Phi) is 2.36. The third kappa shape index (κ3) is 1.50. The maximum atomic E-state index is 11.7. The number of amides is 1. The molecule has 2 aliphatic heterocycles. The van der Waals surface area contributed by atoms with Crippen molar-refractivity contribution in [3.8, 4) is 0 Å². The summed E-state index contributed by atoms with van der Waals surface area (Å²) in [6, 6.07) is 1.97. The Morgan fingerprint density at radius 3 is 2.94 bits per heavy atom. The van der Waals surface area contributed by atoms with Crippen LogP contribution in [-0.2, 0) is 4.79 Å². The SMILES string of the molecule is O=C1CCCN1c1ccncc1C1CNC1. The molecule has 0 saturated carbocycles. The lowest BCUT2D eigenvalue weighted by Crippen LogP contribution is -2.41. The highest BCUT2D eigenvalue weighted by Gasteiger charge is 2.28. The summed E-state index contributed by atoms with van der Waals surface area (Å²) in [4.78, 5) is 17.8. The van der Waals surface area contributed by atoms with Crippen LogP contribution < -0.4 is 10.2 Å². The molecule has 0 spiro atoms. The van der Waals surface area contributed by atoms with E-state index in [-0.39, 0.29) is 5.91 Å². The molecule has 4 heteroatoms. The number of carbonyl (C=O) groups excluding carboxylic acids is 1. The first-order valence-electron chi connectivity index (χ1n) is 5.81. The molecule has 0 bridgehead atoms. The Morgan fingerprint density at radius 2 is 2.31 bits per heavy atom. The second kappa shape index (κ2) is 3.87. The van der Waals surface area contributed by atoms with Gasteiger partial charge in [0.25, 0.3) is 0 Å². The van der Waals surface area contributed by atoms with Crippen molar-refractivity contribution in [2.24, 2.45) is 0 Å². The van der Waals surface area contributed by atoms with E-state index in [1.54, 1.807) is 6.20 Å². The minimum absolute atomic E-state index is 0.250. The van der Waals surface area contributed by atoms with Gasteiger partial charge >= 0.3 is 0 Å². The number of carbonyl (C=O) groups is 1. The number of anilines is 1. The molecule has 2 fully saturated rings. The van der Waals surface area contributed by atoms with Crippen molar-refractivity contribution in [2.45, 2.75) is 18.8 Å². The van der Waals surface area contributed by atoms with Gasteiger partial charge in [0.2, 0.25) is 5.91 Å². The molecule has 0 radical (unpaired) electrons. The van der Waals surface area contributed by atoms with Gasteiger partial charge in [-0.05, 0) is 18.1 Å². The van der Waals surface area contributed by atoms with Crippen molar-refractivity contribution in [1.29, 1.82) is 0 Å². The predicted molar refractivity (Wildman–Crippen MR) is 61.4 cm³/mol. The quantitative estimate of drug-likeness (QED) is 0.800. The molecule has 2 aliphatic rings. The maximum Gasteiger partial charge on any atom is 0.227 e. The van der Waals surface area contributed by atoms with Crippen LogP contribution in [0.1, 0.15) is 24.3 Å². The smallest absolute Gasteiger partial charge is 0.227 e. The molecule has 16 heavy (non-hydrogen) atoms. The van der Waals surface area contributed by atoms with E-state index in [1.165, 1.54) is 5.56 Å². The molecule has 4 nitrogen and oxygen atoms in total. The molecule has 1 aromatic heterocycles. The van der Waals surface area contributed by atoms with Gasteiger partial charge in [0.1, 0.15) is 0 Å². The van der Waals surface area contributed by atoms with Gasteiger partial charge in [0, 0.05) is 44.4 Å². The van der Waals surface area contributed by atoms with Gasteiger partial charge in [0.15, 0.2) is 0 Å². The first kappa shape index (κ1) is 9.78. The lowest BCUT2D eigenvalue weighted by molar-refractivity contribution is -0.117. The monoisotopic (exact) mass is 217 g/mol. The summed E-state index contributed by atoms with van der Waals surface area (Å²) >= 11 is 0. The van der Waals surface area contributed by atoms with Crippen LogP contribution in [0.15, 0.2) is 18.5 Å². The number of hydrogen-bond donors (Lipinski definition) is 1. The number of hydrogen-bond acceptors (Lipinski definition) is 3. The van der Waals surface area contributed by atoms with Crippen LogP contribution >= 0.6 is 0 Å². The summed E-state index contributed by atoms with van der Waals surface area (Å²) < 4.78 is 0. The zero-order chi connectivity index (χ0) is 11.0. The summed E-state index contributed by atoms with van der Waals surface area (Å²) in [5.41, 5.74) is 2.29. The molecule has 0 aliphatic carbocycles. The molecule has 0 aromatic carbocycles. The molecule has 1 N–H and O–H groups in total. The maximum absolute atomic E-state index is 11.7. The molecule has 1 aromatic rings. The molecule has 3 heterocycles. The largest absolute Gasteiger partial charge is 0.315 e. The summed E-state index contributed by atoms with van der Waals surface area (Å²) in [5, 5.41) is 3.26. The molecule has 0 atom stereocenters. The fourth-order valence-electron chi connectivity index (χ4n) is 2.37. The van der Waals surface area contributed by atoms with E-state index in [0.29, 0.717) is 12.3 Å². The van der Waals surface area contributed by atoms with E-state index in [2.05, 4.69) is 10.3 Å². The van der Waals surface area contributed by atoms with Gasteiger partial charge in [0.05, 0.1) is 5.69 Å². The Morgan fingerprint density at radius 1 is 1.44 bits per heavy atom. The van der Waals surface area contributed by atoms with Crippen LogP contribution in [0.25, 0.3) is 0 Å². The average molecular weight is 217 g/mol. The number of pyridine rings is 1. The van der Waals surface area contributed by atoms with Crippen LogP contribution in [0.5, 0.6) is 0 Å². The van der Waals surface area contributed by atoms with Crippen molar-refractivity contribution in [1.82, 2.24) is 10.3 Å². The number of nitrogens with zero attached hydrogens (tertiary/aromatic N) is 2. The highest BCUT2D eigenvalue weighted by Crippen LogP contribution is 2.31. The summed E-state index contributed by atoms with van der Waals surface area (Å²) in [7, 11) is 0. The Bertz CT molecular complexity index is 414. The van der Waals surface area contributed by atoms with Crippen LogP contribution in [-0.4, -0.2) is 30.5 Å². The van der Waals surface area contributed by atoms with Crippen LogP contribution in [0.4, 0.5) is 5.69 Å². The van der Waals surface area contributed by atoms with Gasteiger partial charge in [-0.1, -0.05) is 0 Å². The van der Waals surface area contributed by atoms with E-state index in [0.717, 1.165) is 31.7 Å². The standard InChI is InChI=1S/C12H15N3O/c16-12-2-1-5-15(12)11-3-4-13-8-10(11)9-6-14-7-9/h3-4,8-9,14H,1-2,5-7H2. The highest BCUT2D eigenvalue weighted by atomic mass is 16.2. The van der Waals surface area contributed by atoms with Gasteiger partial charge in [-0.25, -0.2) is 0 Å². The fraction of sp³-hybridized carbons (Fsp3) is 0.500. The zero-order valence-corrected chi connectivity index (χ0v) is 9.15. The van der Waals surface area contributed by atoms with Crippen molar-refractivity contribution in [3.05, 3.63) is 24.0 Å². The van der Waals surface area contributed by atoms with Crippen molar-refractivity contribution >= 4 is 11.6 Å². The number of nitrogens with one attached hydrogen (secondary N) is 1. The minimum Gasteiger partial charge on any atom is -0.315 e. The number of aromatic nitrogens is 1. The molecule has 0 unspecified atom stereocenters. The van der Waals surface area contributed by atoms with E-state index >= 15 is 0 Å². The second-order valence-corrected chi connectivity index (χ2v) is 4.44. The third-order valence-electron chi connectivity index (χ3n) is 3.41. The minimum atomic E-state index is 0.250. The van der Waals surface area contributed by atoms with Gasteiger partial charge in [-0.3, -0.25) is 9.78 Å². The van der Waals surface area contributed by atoms with Gasteiger partial charge < -0.3 is 10.2 Å². The fourth-order valence-corrected chi connectivity index (χ4v) is 2.37. The van der Waals surface area contributed by atoms with Crippen LogP contribution in [0.2, 0.25) is 0 Å². The summed E-state index contributed by atoms with van der Waals surface area (Å²) in [6.45, 7) is 2.86. The van der Waals surface area contributed by atoms with Crippen molar-refractivity contribution < 1.29 is 4.79 Å². The normalized spacial score (nSPS) is 21.2. The van der Waals surface area contributed by atoms with E-state index in [4.69, 9.17) is 0 Å². The first-order chi connectivity index (χ1) is 7.86. The lowest BCUT2D eigenvalue weighted by atomic mass is 9.93. The van der Waals surface area contributed by atoms with E-state index in [9.17, 15) is 4.79 Å². The highest BCUT2D eigenvalue weighted by molar-refractivity contribution is 5.96. The third-order valence-corrected chi connectivity index (χ3v) is 3.41. The molecular weight excluding hydrogens is 202 g/mol. The van der Waals surface area contributed by atoms with Gasteiger partial charge in [-0.15, -0.1) is 0 Å². The molecular formula is C12H15N3O.